The average Bonchev–Trinajstić information content (AvgIpc) is 2.83. The van der Waals surface area contributed by atoms with Gasteiger partial charge in [-0.1, -0.05) is 101 Å². The lowest BCUT2D eigenvalue weighted by atomic mass is 10.0. The Morgan fingerprint density at radius 2 is 1.40 bits per heavy atom. The monoisotopic (exact) mass is 482 g/mol. The summed E-state index contributed by atoms with van der Waals surface area (Å²) in [4.78, 5) is 12.8. The van der Waals surface area contributed by atoms with Crippen LogP contribution >= 0.6 is 0 Å². The topological polar surface area (TPSA) is 35.5 Å². The number of carbonyl (C=O) groups excluding carboxylic acids is 1. The smallest absolute Gasteiger partial charge is 0.367 e. The summed E-state index contributed by atoms with van der Waals surface area (Å²) < 4.78 is 12.1. The SMILES string of the molecule is CCCCCCCCCCCc1cccc(OC(C)OC(=O)C(C)[N+](C)(C)Cc2ccccc2)c1. The molecule has 2 rings (SSSR count). The molecular formula is C31H48NO3+. The maximum Gasteiger partial charge on any atom is 0.367 e. The minimum atomic E-state index is -0.635. The van der Waals surface area contributed by atoms with Crippen molar-refractivity contribution in [1.29, 1.82) is 0 Å². The molecular weight excluding hydrogens is 434 g/mol. The van der Waals surface area contributed by atoms with E-state index in [0.717, 1.165) is 18.7 Å². The Morgan fingerprint density at radius 3 is 2.06 bits per heavy atom. The Kier molecular flexibility index (Phi) is 12.9. The predicted octanol–water partition coefficient (Wildman–Crippen LogP) is 7.69. The fourth-order valence-corrected chi connectivity index (χ4v) is 4.37. The highest BCUT2D eigenvalue weighted by molar-refractivity contribution is 5.74. The Balaban J connectivity index is 1.73. The molecule has 2 aromatic rings. The van der Waals surface area contributed by atoms with Crippen molar-refractivity contribution in [3.8, 4) is 5.75 Å². The molecule has 35 heavy (non-hydrogen) atoms. The Labute approximate surface area is 214 Å². The van der Waals surface area contributed by atoms with Crippen molar-refractivity contribution in [2.24, 2.45) is 0 Å². The predicted molar refractivity (Wildman–Crippen MR) is 145 cm³/mol. The van der Waals surface area contributed by atoms with Gasteiger partial charge in [0.2, 0.25) is 6.29 Å². The Bertz CT molecular complexity index is 849. The molecule has 0 spiro atoms. The van der Waals surface area contributed by atoms with Gasteiger partial charge in [0.25, 0.3) is 0 Å². The third-order valence-electron chi connectivity index (χ3n) is 6.87. The van der Waals surface area contributed by atoms with E-state index in [9.17, 15) is 4.79 Å². The Morgan fingerprint density at radius 1 is 0.800 bits per heavy atom. The van der Waals surface area contributed by atoms with Crippen LogP contribution in [-0.4, -0.2) is 36.9 Å². The first kappa shape index (κ1) is 28.9. The second-order valence-electron chi connectivity index (χ2n) is 10.4. The van der Waals surface area contributed by atoms with Crippen LogP contribution in [0.25, 0.3) is 0 Å². The summed E-state index contributed by atoms with van der Waals surface area (Å²) in [7, 11) is 4.11. The van der Waals surface area contributed by atoms with Crippen molar-refractivity contribution in [3.63, 3.8) is 0 Å². The van der Waals surface area contributed by atoms with Crippen LogP contribution in [-0.2, 0) is 22.5 Å². The number of ether oxygens (including phenoxy) is 2. The van der Waals surface area contributed by atoms with E-state index >= 15 is 0 Å². The molecule has 0 fully saturated rings. The number of quaternary nitrogens is 1. The van der Waals surface area contributed by atoms with Gasteiger partial charge in [0.15, 0.2) is 6.04 Å². The van der Waals surface area contributed by atoms with Gasteiger partial charge in [-0.15, -0.1) is 0 Å². The van der Waals surface area contributed by atoms with Crippen molar-refractivity contribution in [2.75, 3.05) is 14.1 Å². The molecule has 0 bridgehead atoms. The first-order valence-electron chi connectivity index (χ1n) is 13.6. The number of benzene rings is 2. The molecule has 194 valence electrons. The van der Waals surface area contributed by atoms with Gasteiger partial charge in [0, 0.05) is 12.5 Å². The molecule has 4 heteroatoms. The van der Waals surface area contributed by atoms with Gasteiger partial charge < -0.3 is 14.0 Å². The van der Waals surface area contributed by atoms with Crippen molar-refractivity contribution >= 4 is 5.97 Å². The van der Waals surface area contributed by atoms with E-state index in [1.54, 1.807) is 6.92 Å². The maximum absolute atomic E-state index is 12.8. The molecule has 4 nitrogen and oxygen atoms in total. The molecule has 2 unspecified atom stereocenters. The zero-order valence-corrected chi connectivity index (χ0v) is 22.8. The van der Waals surface area contributed by atoms with Crippen LogP contribution in [0.3, 0.4) is 0 Å². The molecule has 0 saturated carbocycles. The van der Waals surface area contributed by atoms with Crippen LogP contribution in [0, 0.1) is 0 Å². The van der Waals surface area contributed by atoms with Gasteiger partial charge in [-0.25, -0.2) is 4.79 Å². The maximum atomic E-state index is 12.8. The molecule has 0 amide bonds. The highest BCUT2D eigenvalue weighted by Gasteiger charge is 2.33. The van der Waals surface area contributed by atoms with Crippen LogP contribution < -0.4 is 4.74 Å². The summed E-state index contributed by atoms with van der Waals surface area (Å²) in [5, 5.41) is 0. The largest absolute Gasteiger partial charge is 0.455 e. The van der Waals surface area contributed by atoms with Crippen LogP contribution in [0.5, 0.6) is 5.75 Å². The van der Waals surface area contributed by atoms with Crippen molar-refractivity contribution in [1.82, 2.24) is 0 Å². The molecule has 0 aliphatic rings. The lowest BCUT2D eigenvalue weighted by Crippen LogP contribution is -2.51. The molecule has 0 aliphatic carbocycles. The van der Waals surface area contributed by atoms with E-state index in [-0.39, 0.29) is 12.0 Å². The number of hydrogen-bond donors (Lipinski definition) is 0. The number of nitrogens with zero attached hydrogens (tertiary/aromatic N) is 1. The number of rotatable bonds is 17. The highest BCUT2D eigenvalue weighted by atomic mass is 16.7. The molecule has 0 heterocycles. The lowest BCUT2D eigenvalue weighted by Gasteiger charge is -2.35. The number of carbonyl (C=O) groups is 1. The fourth-order valence-electron chi connectivity index (χ4n) is 4.37. The number of esters is 1. The van der Waals surface area contributed by atoms with Crippen molar-refractivity contribution < 1.29 is 18.8 Å². The first-order valence-corrected chi connectivity index (χ1v) is 13.6. The molecule has 2 aromatic carbocycles. The second kappa shape index (κ2) is 15.6. The van der Waals surface area contributed by atoms with Gasteiger partial charge in [0.1, 0.15) is 12.3 Å². The summed E-state index contributed by atoms with van der Waals surface area (Å²) in [5.41, 5.74) is 2.48. The quantitative estimate of drug-likeness (QED) is 0.100. The normalized spacial score (nSPS) is 13.3. The van der Waals surface area contributed by atoms with E-state index in [1.807, 2.05) is 37.3 Å². The van der Waals surface area contributed by atoms with E-state index in [2.05, 4.69) is 45.3 Å². The van der Waals surface area contributed by atoms with E-state index in [1.165, 1.54) is 68.9 Å². The van der Waals surface area contributed by atoms with Gasteiger partial charge in [-0.05, 0) is 37.5 Å². The fraction of sp³-hybridized carbons (Fsp3) is 0.581. The summed E-state index contributed by atoms with van der Waals surface area (Å²) in [6, 6.07) is 18.1. The minimum Gasteiger partial charge on any atom is -0.455 e. The first-order chi connectivity index (χ1) is 16.8. The van der Waals surface area contributed by atoms with Crippen LogP contribution in [0.2, 0.25) is 0 Å². The molecule has 2 atom stereocenters. The van der Waals surface area contributed by atoms with Crippen molar-refractivity contribution in [3.05, 3.63) is 65.7 Å². The Hall–Kier alpha value is -2.33. The number of likely N-dealkylation sites (N-methyl/N-ethyl adjacent to an activating group) is 1. The molecule has 0 aliphatic heterocycles. The van der Waals surface area contributed by atoms with E-state index in [4.69, 9.17) is 9.47 Å². The lowest BCUT2D eigenvalue weighted by molar-refractivity contribution is -0.917. The average molecular weight is 483 g/mol. The van der Waals surface area contributed by atoms with Crippen molar-refractivity contribution in [2.45, 2.75) is 104 Å². The zero-order chi connectivity index (χ0) is 25.5. The third-order valence-corrected chi connectivity index (χ3v) is 6.87. The number of aryl methyl sites for hydroxylation is 1. The molecule has 0 N–H and O–H groups in total. The van der Waals surface area contributed by atoms with E-state index < -0.39 is 6.29 Å². The number of unbranched alkanes of at least 4 members (excludes halogenated alkanes) is 8. The molecule has 0 saturated heterocycles. The summed E-state index contributed by atoms with van der Waals surface area (Å²) in [6.45, 7) is 6.73. The second-order valence-corrected chi connectivity index (χ2v) is 10.4. The summed E-state index contributed by atoms with van der Waals surface area (Å²) in [5.74, 6) is 0.508. The van der Waals surface area contributed by atoms with Gasteiger partial charge >= 0.3 is 5.97 Å². The standard InChI is InChI=1S/C31H48NO3/c1-6-7-8-9-10-11-12-13-15-19-28-22-18-23-30(24-28)34-27(3)35-31(33)26(2)32(4,5)25-29-20-16-14-17-21-29/h14,16-18,20-24,26-27H,6-13,15,19,25H2,1-5H3/q+1. The van der Waals surface area contributed by atoms with Crippen LogP contribution in [0.1, 0.15) is 89.7 Å². The van der Waals surface area contributed by atoms with Gasteiger partial charge in [0.05, 0.1) is 14.1 Å². The minimum absolute atomic E-state index is 0.246. The molecule has 0 aromatic heterocycles. The van der Waals surface area contributed by atoms with Crippen LogP contribution in [0.4, 0.5) is 0 Å². The number of hydrogen-bond acceptors (Lipinski definition) is 3. The summed E-state index contributed by atoms with van der Waals surface area (Å²) >= 11 is 0. The van der Waals surface area contributed by atoms with Gasteiger partial charge in [-0.2, -0.15) is 0 Å². The third kappa shape index (κ3) is 11.3. The van der Waals surface area contributed by atoms with Crippen LogP contribution in [0.15, 0.2) is 54.6 Å². The zero-order valence-electron chi connectivity index (χ0n) is 22.8. The van der Waals surface area contributed by atoms with Gasteiger partial charge in [-0.3, -0.25) is 0 Å². The summed E-state index contributed by atoms with van der Waals surface area (Å²) in [6.07, 6.45) is 12.4. The highest BCUT2D eigenvalue weighted by Crippen LogP contribution is 2.20. The molecule has 0 radical (unpaired) electrons. The van der Waals surface area contributed by atoms with E-state index in [0.29, 0.717) is 4.48 Å².